The van der Waals surface area contributed by atoms with Crippen molar-refractivity contribution in [3.05, 3.63) is 70.7 Å². The van der Waals surface area contributed by atoms with Crippen LogP contribution in [0, 0.1) is 0 Å². The molecule has 0 radical (unpaired) electrons. The number of oxime groups is 1. The summed E-state index contributed by atoms with van der Waals surface area (Å²) >= 11 is 5.78. The van der Waals surface area contributed by atoms with Crippen molar-refractivity contribution in [1.82, 2.24) is 0 Å². The van der Waals surface area contributed by atoms with E-state index in [1.54, 1.807) is 24.3 Å². The zero-order chi connectivity index (χ0) is 15.4. The van der Waals surface area contributed by atoms with Crippen molar-refractivity contribution in [2.75, 3.05) is 6.61 Å². The summed E-state index contributed by atoms with van der Waals surface area (Å²) in [6.45, 7) is 0.168. The molecule has 4 nitrogen and oxygen atoms in total. The van der Waals surface area contributed by atoms with Crippen LogP contribution >= 0.6 is 11.6 Å². The van der Waals surface area contributed by atoms with Crippen LogP contribution in [0.1, 0.15) is 22.3 Å². The highest BCUT2D eigenvalue weighted by atomic mass is 35.5. The minimum absolute atomic E-state index is 0.168. The van der Waals surface area contributed by atoms with E-state index in [9.17, 15) is 4.79 Å². The second-order valence-corrected chi connectivity index (χ2v) is 5.38. The molecule has 0 amide bonds. The Bertz CT molecular complexity index is 683. The third-order valence-electron chi connectivity index (χ3n) is 3.32. The Kier molecular flexibility index (Phi) is 4.39. The van der Waals surface area contributed by atoms with Gasteiger partial charge in [0.2, 0.25) is 0 Å². The van der Waals surface area contributed by atoms with Crippen LogP contribution in [0.2, 0.25) is 5.02 Å². The second kappa shape index (κ2) is 6.62. The summed E-state index contributed by atoms with van der Waals surface area (Å²) in [7, 11) is 0. The topological polar surface area (TPSA) is 47.9 Å². The summed E-state index contributed by atoms with van der Waals surface area (Å²) in [4.78, 5) is 17.2. The van der Waals surface area contributed by atoms with Crippen LogP contribution in [-0.4, -0.2) is 24.4 Å². The van der Waals surface area contributed by atoms with Crippen molar-refractivity contribution < 1.29 is 14.4 Å². The summed E-state index contributed by atoms with van der Waals surface area (Å²) in [6, 6.07) is 16.4. The lowest BCUT2D eigenvalue weighted by atomic mass is 10.1. The fourth-order valence-corrected chi connectivity index (χ4v) is 2.28. The molecule has 5 heteroatoms. The van der Waals surface area contributed by atoms with E-state index in [2.05, 4.69) is 5.16 Å². The van der Waals surface area contributed by atoms with Gasteiger partial charge in [-0.15, -0.1) is 0 Å². The second-order valence-electron chi connectivity index (χ2n) is 4.94. The smallest absolute Gasteiger partial charge is 0.338 e. The Balaban J connectivity index is 1.52. The van der Waals surface area contributed by atoms with Crippen molar-refractivity contribution in [3.8, 4) is 0 Å². The molecule has 0 bridgehead atoms. The van der Waals surface area contributed by atoms with Gasteiger partial charge in [0.15, 0.2) is 6.10 Å². The Morgan fingerprint density at radius 2 is 1.91 bits per heavy atom. The van der Waals surface area contributed by atoms with E-state index in [0.29, 0.717) is 17.0 Å². The van der Waals surface area contributed by atoms with Gasteiger partial charge in [-0.1, -0.05) is 47.1 Å². The minimum atomic E-state index is -0.395. The number of carbonyl (C=O) groups is 1. The standard InChI is InChI=1S/C17H14ClNO3/c18-14-8-6-13(7-9-14)17(20)21-11-15-10-16(19-22-15)12-4-2-1-3-5-12/h1-9,15H,10-11H2/t15-/m1/s1. The Labute approximate surface area is 133 Å². The number of hydrogen-bond donors (Lipinski definition) is 0. The van der Waals surface area contributed by atoms with E-state index >= 15 is 0 Å². The van der Waals surface area contributed by atoms with Gasteiger partial charge in [-0.25, -0.2) is 4.79 Å². The molecule has 2 aromatic rings. The third kappa shape index (κ3) is 3.46. The van der Waals surface area contributed by atoms with E-state index in [0.717, 1.165) is 11.3 Å². The van der Waals surface area contributed by atoms with E-state index in [1.807, 2.05) is 30.3 Å². The molecule has 0 spiro atoms. The van der Waals surface area contributed by atoms with E-state index in [1.165, 1.54) is 0 Å². The van der Waals surface area contributed by atoms with Crippen molar-refractivity contribution in [2.45, 2.75) is 12.5 Å². The number of halogens is 1. The van der Waals surface area contributed by atoms with E-state index < -0.39 is 5.97 Å². The van der Waals surface area contributed by atoms with Gasteiger partial charge in [-0.2, -0.15) is 0 Å². The van der Waals surface area contributed by atoms with Gasteiger partial charge in [0.05, 0.1) is 11.3 Å². The van der Waals surface area contributed by atoms with E-state index in [4.69, 9.17) is 21.2 Å². The summed E-state index contributed by atoms with van der Waals surface area (Å²) in [5, 5.41) is 4.64. The molecule has 0 fully saturated rings. The van der Waals surface area contributed by atoms with Gasteiger partial charge in [0.1, 0.15) is 6.61 Å². The number of esters is 1. The SMILES string of the molecule is O=C(OC[C@H]1CC(c2ccccc2)=NO1)c1ccc(Cl)cc1. The van der Waals surface area contributed by atoms with Crippen molar-refractivity contribution in [3.63, 3.8) is 0 Å². The van der Waals surface area contributed by atoms with E-state index in [-0.39, 0.29) is 12.7 Å². The normalized spacial score (nSPS) is 16.8. The molecule has 2 aromatic carbocycles. The summed E-state index contributed by atoms with van der Waals surface area (Å²) < 4.78 is 5.26. The maximum atomic E-state index is 11.9. The molecular formula is C17H14ClNO3. The average molecular weight is 316 g/mol. The maximum Gasteiger partial charge on any atom is 0.338 e. The molecule has 0 aliphatic carbocycles. The first kappa shape index (κ1) is 14.6. The third-order valence-corrected chi connectivity index (χ3v) is 3.57. The summed E-state index contributed by atoms with van der Waals surface area (Å²) in [5.74, 6) is -0.395. The molecule has 1 atom stereocenters. The number of carbonyl (C=O) groups excluding carboxylic acids is 1. The van der Waals surface area contributed by atoms with Crippen LogP contribution < -0.4 is 0 Å². The minimum Gasteiger partial charge on any atom is -0.458 e. The first-order valence-electron chi connectivity index (χ1n) is 6.93. The summed E-state index contributed by atoms with van der Waals surface area (Å²) in [6.07, 6.45) is 0.379. The van der Waals surface area contributed by atoms with Gasteiger partial charge in [0, 0.05) is 11.4 Å². The molecule has 1 heterocycles. The highest BCUT2D eigenvalue weighted by Crippen LogP contribution is 2.17. The van der Waals surface area contributed by atoms with Crippen LogP contribution in [-0.2, 0) is 9.57 Å². The summed E-state index contributed by atoms with van der Waals surface area (Å²) in [5.41, 5.74) is 2.36. The van der Waals surface area contributed by atoms with Crippen molar-refractivity contribution in [2.24, 2.45) is 5.16 Å². The Hall–Kier alpha value is -2.33. The van der Waals surface area contributed by atoms with Crippen LogP contribution in [0.25, 0.3) is 0 Å². The molecule has 112 valence electrons. The van der Waals surface area contributed by atoms with Crippen LogP contribution in [0.5, 0.6) is 0 Å². The number of benzene rings is 2. The zero-order valence-corrected chi connectivity index (χ0v) is 12.5. The largest absolute Gasteiger partial charge is 0.458 e. The van der Waals surface area contributed by atoms with Crippen LogP contribution in [0.15, 0.2) is 59.8 Å². The lowest BCUT2D eigenvalue weighted by molar-refractivity contribution is 0.00686. The first-order chi connectivity index (χ1) is 10.7. The fourth-order valence-electron chi connectivity index (χ4n) is 2.16. The molecule has 3 rings (SSSR count). The molecule has 0 saturated heterocycles. The van der Waals surface area contributed by atoms with Gasteiger partial charge < -0.3 is 9.57 Å². The quantitative estimate of drug-likeness (QED) is 0.808. The van der Waals surface area contributed by atoms with Gasteiger partial charge >= 0.3 is 5.97 Å². The molecule has 0 saturated carbocycles. The first-order valence-corrected chi connectivity index (χ1v) is 7.31. The zero-order valence-electron chi connectivity index (χ0n) is 11.7. The lowest BCUT2D eigenvalue weighted by Crippen LogP contribution is -2.19. The maximum absolute atomic E-state index is 11.9. The predicted molar refractivity (Wildman–Crippen MR) is 84.2 cm³/mol. The number of rotatable bonds is 4. The molecular weight excluding hydrogens is 302 g/mol. The highest BCUT2D eigenvalue weighted by Gasteiger charge is 2.23. The lowest BCUT2D eigenvalue weighted by Gasteiger charge is -2.09. The van der Waals surface area contributed by atoms with Gasteiger partial charge in [-0.3, -0.25) is 0 Å². The average Bonchev–Trinajstić information content (AvgIpc) is 3.03. The molecule has 22 heavy (non-hydrogen) atoms. The van der Waals surface area contributed by atoms with Crippen LogP contribution in [0.3, 0.4) is 0 Å². The molecule has 0 N–H and O–H groups in total. The number of hydrogen-bond acceptors (Lipinski definition) is 4. The fraction of sp³-hybridized carbons (Fsp3) is 0.176. The number of ether oxygens (including phenoxy) is 1. The molecule has 0 unspecified atom stereocenters. The van der Waals surface area contributed by atoms with Crippen molar-refractivity contribution in [1.29, 1.82) is 0 Å². The Morgan fingerprint density at radius 1 is 1.18 bits per heavy atom. The molecule has 0 aromatic heterocycles. The number of nitrogens with zero attached hydrogens (tertiary/aromatic N) is 1. The monoisotopic (exact) mass is 315 g/mol. The molecule has 1 aliphatic heterocycles. The Morgan fingerprint density at radius 3 is 2.64 bits per heavy atom. The highest BCUT2D eigenvalue weighted by molar-refractivity contribution is 6.30. The molecule has 1 aliphatic rings. The van der Waals surface area contributed by atoms with Crippen LogP contribution in [0.4, 0.5) is 0 Å². The van der Waals surface area contributed by atoms with Gasteiger partial charge in [-0.05, 0) is 29.8 Å². The van der Waals surface area contributed by atoms with Crippen molar-refractivity contribution >= 4 is 23.3 Å². The van der Waals surface area contributed by atoms with Gasteiger partial charge in [0.25, 0.3) is 0 Å². The predicted octanol–water partition coefficient (Wildman–Crippen LogP) is 3.69.